The summed E-state index contributed by atoms with van der Waals surface area (Å²) in [5.74, 6) is -0.801. The minimum Gasteiger partial charge on any atom is -0.350 e. The maximum Gasteiger partial charge on any atom is 0.259 e. The second kappa shape index (κ2) is 12.4. The molecule has 1 N–H and O–H groups in total. The number of aryl methyl sites for hydroxylation is 2. The zero-order valence-corrected chi connectivity index (χ0v) is 21.2. The fourth-order valence-electron chi connectivity index (χ4n) is 3.86. The lowest BCUT2D eigenvalue weighted by atomic mass is 9.93. The Bertz CT molecular complexity index is 1130. The normalized spacial score (nSPS) is 13.1. The number of allylic oxidation sites excluding steroid dienone is 2. The standard InChI is InChI=1S/C24H25N3O2.2C2H6/c1-7-11-16-18(14-26(5)19(16)10-4)22-21(23(28)25-24(22)29)17-13-27(6)20(12-8-2)15(17)9-3;2*1-2/h7-14H,3-4H2,1-2,5-6H3,(H,25,28,29);2*1-2H3/b11-7-,12-8-;;. The van der Waals surface area contributed by atoms with E-state index in [1.54, 1.807) is 12.2 Å². The molecule has 0 aliphatic carbocycles. The van der Waals surface area contributed by atoms with Crippen molar-refractivity contribution in [1.82, 2.24) is 14.5 Å². The van der Waals surface area contributed by atoms with Crippen molar-refractivity contribution in [3.8, 4) is 0 Å². The number of imide groups is 1. The molecule has 0 unspecified atom stereocenters. The summed E-state index contributed by atoms with van der Waals surface area (Å²) in [6, 6.07) is 0. The number of aromatic nitrogens is 2. The summed E-state index contributed by atoms with van der Waals surface area (Å²) in [5, 5.41) is 2.47. The Morgan fingerprint density at radius 2 is 1.18 bits per heavy atom. The molecule has 0 bridgehead atoms. The number of amides is 2. The van der Waals surface area contributed by atoms with Gasteiger partial charge in [-0.3, -0.25) is 14.9 Å². The van der Waals surface area contributed by atoms with E-state index >= 15 is 0 Å². The summed E-state index contributed by atoms with van der Waals surface area (Å²) in [4.78, 5) is 25.7. The van der Waals surface area contributed by atoms with Crippen LogP contribution in [0.3, 0.4) is 0 Å². The smallest absolute Gasteiger partial charge is 0.259 e. The Morgan fingerprint density at radius 1 is 0.727 bits per heavy atom. The van der Waals surface area contributed by atoms with E-state index in [9.17, 15) is 9.59 Å². The molecule has 176 valence electrons. The number of hydrogen-bond acceptors (Lipinski definition) is 2. The summed E-state index contributed by atoms with van der Waals surface area (Å²) in [6.45, 7) is 19.7. The molecule has 0 aromatic carbocycles. The van der Waals surface area contributed by atoms with Crippen molar-refractivity contribution in [2.24, 2.45) is 14.1 Å². The van der Waals surface area contributed by atoms with E-state index in [1.165, 1.54) is 0 Å². The average Bonchev–Trinajstić information content (AvgIpc) is 3.40. The van der Waals surface area contributed by atoms with Crippen molar-refractivity contribution in [1.29, 1.82) is 0 Å². The van der Waals surface area contributed by atoms with Crippen molar-refractivity contribution >= 4 is 47.3 Å². The van der Waals surface area contributed by atoms with Crippen LogP contribution < -0.4 is 5.32 Å². The molecule has 0 saturated heterocycles. The van der Waals surface area contributed by atoms with Crippen LogP contribution in [0, 0.1) is 0 Å². The topological polar surface area (TPSA) is 56.0 Å². The van der Waals surface area contributed by atoms with E-state index in [0.29, 0.717) is 22.3 Å². The van der Waals surface area contributed by atoms with Gasteiger partial charge in [-0.15, -0.1) is 0 Å². The first-order valence-corrected chi connectivity index (χ1v) is 11.4. The van der Waals surface area contributed by atoms with E-state index in [1.807, 2.05) is 101 Å². The van der Waals surface area contributed by atoms with Gasteiger partial charge in [0.15, 0.2) is 0 Å². The van der Waals surface area contributed by atoms with Gasteiger partial charge in [-0.1, -0.05) is 65.2 Å². The molecular formula is C28H37N3O2. The van der Waals surface area contributed by atoms with Crippen LogP contribution in [0.1, 0.15) is 75.2 Å². The van der Waals surface area contributed by atoms with Gasteiger partial charge in [0.2, 0.25) is 0 Å². The molecule has 1 aliphatic rings. The summed E-state index contributed by atoms with van der Waals surface area (Å²) < 4.78 is 3.84. The van der Waals surface area contributed by atoms with Crippen molar-refractivity contribution < 1.29 is 9.59 Å². The van der Waals surface area contributed by atoms with Gasteiger partial charge >= 0.3 is 0 Å². The van der Waals surface area contributed by atoms with Crippen LogP contribution >= 0.6 is 0 Å². The predicted octanol–water partition coefficient (Wildman–Crippen LogP) is 6.34. The minimum absolute atomic E-state index is 0.364. The van der Waals surface area contributed by atoms with Gasteiger partial charge in [0.25, 0.3) is 11.8 Å². The molecule has 33 heavy (non-hydrogen) atoms. The number of carbonyl (C=O) groups is 2. The molecule has 0 saturated carbocycles. The van der Waals surface area contributed by atoms with E-state index in [4.69, 9.17) is 0 Å². The summed E-state index contributed by atoms with van der Waals surface area (Å²) in [6.07, 6.45) is 14.9. The van der Waals surface area contributed by atoms with Crippen LogP contribution in [-0.2, 0) is 23.7 Å². The molecule has 3 heterocycles. The van der Waals surface area contributed by atoms with Crippen LogP contribution in [-0.4, -0.2) is 20.9 Å². The van der Waals surface area contributed by atoms with Crippen LogP contribution in [0.15, 0.2) is 37.7 Å². The largest absolute Gasteiger partial charge is 0.350 e. The number of nitrogens with zero attached hydrogens (tertiary/aromatic N) is 2. The van der Waals surface area contributed by atoms with Gasteiger partial charge in [-0.05, 0) is 26.0 Å². The Morgan fingerprint density at radius 3 is 1.61 bits per heavy atom. The Labute approximate surface area is 198 Å². The monoisotopic (exact) mass is 447 g/mol. The average molecular weight is 448 g/mol. The molecule has 3 rings (SSSR count). The van der Waals surface area contributed by atoms with E-state index in [0.717, 1.165) is 22.5 Å². The molecular weight excluding hydrogens is 410 g/mol. The highest BCUT2D eigenvalue weighted by Crippen LogP contribution is 2.38. The number of nitrogens with one attached hydrogen (secondary N) is 1. The number of hydrogen-bond donors (Lipinski definition) is 1. The molecule has 1 aliphatic heterocycles. The van der Waals surface area contributed by atoms with Crippen LogP contribution in [0.4, 0.5) is 0 Å². The third kappa shape index (κ3) is 5.08. The van der Waals surface area contributed by atoms with Gasteiger partial charge in [-0.2, -0.15) is 0 Å². The highest BCUT2D eigenvalue weighted by atomic mass is 16.2. The SMILES string of the molecule is C=Cc1c(C2=C(c3cn(C)c(C=C)c3/C=C\C)C(=O)NC2=O)cn(C)c1/C=C\C.CC.CC. The highest BCUT2D eigenvalue weighted by Gasteiger charge is 2.36. The van der Waals surface area contributed by atoms with Gasteiger partial charge in [-0.25, -0.2) is 0 Å². The first-order chi connectivity index (χ1) is 15.9. The highest BCUT2D eigenvalue weighted by molar-refractivity contribution is 6.49. The lowest BCUT2D eigenvalue weighted by molar-refractivity contribution is -0.122. The zero-order valence-electron chi connectivity index (χ0n) is 21.2. The maximum atomic E-state index is 12.9. The summed E-state index contributed by atoms with van der Waals surface area (Å²) in [5.41, 5.74) is 5.58. The number of carbonyl (C=O) groups excluding carboxylic acids is 2. The summed E-state index contributed by atoms with van der Waals surface area (Å²) in [7, 11) is 3.80. The molecule has 0 radical (unpaired) electrons. The second-order valence-electron chi connectivity index (χ2n) is 6.85. The molecule has 5 nitrogen and oxygen atoms in total. The molecule has 5 heteroatoms. The Kier molecular flexibility index (Phi) is 10.3. The maximum absolute atomic E-state index is 12.9. The van der Waals surface area contributed by atoms with E-state index in [-0.39, 0.29) is 0 Å². The lowest BCUT2D eigenvalue weighted by Gasteiger charge is -2.05. The van der Waals surface area contributed by atoms with Crippen LogP contribution in [0.5, 0.6) is 0 Å². The van der Waals surface area contributed by atoms with Crippen molar-refractivity contribution in [2.45, 2.75) is 41.5 Å². The predicted molar refractivity (Wildman–Crippen MR) is 143 cm³/mol. The van der Waals surface area contributed by atoms with Crippen molar-refractivity contribution in [3.63, 3.8) is 0 Å². The third-order valence-corrected chi connectivity index (χ3v) is 5.06. The van der Waals surface area contributed by atoms with Gasteiger partial charge in [0.1, 0.15) is 0 Å². The second-order valence-corrected chi connectivity index (χ2v) is 6.85. The Balaban J connectivity index is 0.00000129. The first-order valence-electron chi connectivity index (χ1n) is 11.4. The Hall–Kier alpha value is -3.60. The van der Waals surface area contributed by atoms with E-state index < -0.39 is 11.8 Å². The molecule has 2 aromatic rings. The van der Waals surface area contributed by atoms with Gasteiger partial charge in [0, 0.05) is 60.1 Å². The van der Waals surface area contributed by atoms with Crippen molar-refractivity contribution in [3.05, 3.63) is 71.3 Å². The van der Waals surface area contributed by atoms with Crippen molar-refractivity contribution in [2.75, 3.05) is 0 Å². The number of rotatable bonds is 6. The first kappa shape index (κ1) is 27.4. The van der Waals surface area contributed by atoms with Crippen LogP contribution in [0.2, 0.25) is 0 Å². The zero-order chi connectivity index (χ0) is 25.3. The molecule has 2 aromatic heterocycles. The fourth-order valence-corrected chi connectivity index (χ4v) is 3.86. The van der Waals surface area contributed by atoms with Crippen LogP contribution in [0.25, 0.3) is 35.5 Å². The fraction of sp³-hybridized carbons (Fsp3) is 0.286. The lowest BCUT2D eigenvalue weighted by Crippen LogP contribution is -2.22. The quantitative estimate of drug-likeness (QED) is 0.526. The summed E-state index contributed by atoms with van der Waals surface area (Å²) >= 11 is 0. The van der Waals surface area contributed by atoms with Gasteiger partial charge < -0.3 is 9.13 Å². The molecule has 0 atom stereocenters. The molecule has 2 amide bonds. The minimum atomic E-state index is -0.402. The molecule has 0 spiro atoms. The third-order valence-electron chi connectivity index (χ3n) is 5.06. The van der Waals surface area contributed by atoms with Gasteiger partial charge in [0.05, 0.1) is 11.1 Å². The molecule has 0 fully saturated rings. The van der Waals surface area contributed by atoms with E-state index in [2.05, 4.69) is 18.5 Å².